The van der Waals surface area contributed by atoms with Crippen molar-refractivity contribution in [2.45, 2.75) is 39.2 Å². The van der Waals surface area contributed by atoms with Crippen LogP contribution >= 0.6 is 11.6 Å². The van der Waals surface area contributed by atoms with E-state index in [0.717, 1.165) is 30.0 Å². The molecule has 0 saturated carbocycles. The van der Waals surface area contributed by atoms with Gasteiger partial charge in [-0.15, -0.1) is 0 Å². The number of benzene rings is 1. The maximum atomic E-state index is 12.0. The van der Waals surface area contributed by atoms with Gasteiger partial charge in [0.15, 0.2) is 5.78 Å². The number of imidazole rings is 1. The molecule has 1 aromatic heterocycles. The summed E-state index contributed by atoms with van der Waals surface area (Å²) in [6.07, 6.45) is 6.84. The van der Waals surface area contributed by atoms with E-state index in [2.05, 4.69) is 11.9 Å². The lowest BCUT2D eigenvalue weighted by molar-refractivity contribution is -0.119. The number of aryl methyl sites for hydroxylation is 2. The fourth-order valence-electron chi connectivity index (χ4n) is 2.19. The van der Waals surface area contributed by atoms with Crippen LogP contribution in [0.3, 0.4) is 0 Å². The minimum atomic E-state index is 0.256. The largest absolute Gasteiger partial charge is 0.327 e. The molecular weight excluding hydrogens is 272 g/mol. The van der Waals surface area contributed by atoms with Gasteiger partial charge >= 0.3 is 0 Å². The SMILES string of the molecule is CCc1cncn1CC(=O)CCCc1ccc(Cl)cc1. The van der Waals surface area contributed by atoms with Gasteiger partial charge in [0, 0.05) is 23.3 Å². The first kappa shape index (κ1) is 14.8. The number of ketones is 1. The van der Waals surface area contributed by atoms with Gasteiger partial charge in [-0.05, 0) is 37.0 Å². The van der Waals surface area contributed by atoms with Crippen molar-refractivity contribution in [3.63, 3.8) is 0 Å². The number of aromatic nitrogens is 2. The van der Waals surface area contributed by atoms with Crippen molar-refractivity contribution in [2.75, 3.05) is 0 Å². The van der Waals surface area contributed by atoms with Gasteiger partial charge in [-0.3, -0.25) is 4.79 Å². The second kappa shape index (κ2) is 7.25. The van der Waals surface area contributed by atoms with E-state index in [0.29, 0.717) is 13.0 Å². The van der Waals surface area contributed by atoms with Crippen LogP contribution in [0.4, 0.5) is 0 Å². The third kappa shape index (κ3) is 4.20. The maximum Gasteiger partial charge on any atom is 0.152 e. The molecule has 0 unspecified atom stereocenters. The van der Waals surface area contributed by atoms with Crippen LogP contribution in [0.25, 0.3) is 0 Å². The number of rotatable bonds is 7. The molecule has 0 aliphatic rings. The lowest BCUT2D eigenvalue weighted by Crippen LogP contribution is -2.11. The Balaban J connectivity index is 1.76. The second-order valence-electron chi connectivity index (χ2n) is 4.89. The zero-order valence-electron chi connectivity index (χ0n) is 11.7. The Morgan fingerprint density at radius 3 is 2.75 bits per heavy atom. The van der Waals surface area contributed by atoms with E-state index < -0.39 is 0 Å². The smallest absolute Gasteiger partial charge is 0.152 e. The zero-order chi connectivity index (χ0) is 14.4. The molecule has 0 aliphatic carbocycles. The Hall–Kier alpha value is -1.61. The molecule has 3 nitrogen and oxygen atoms in total. The van der Waals surface area contributed by atoms with E-state index in [-0.39, 0.29) is 5.78 Å². The third-order valence-corrected chi connectivity index (χ3v) is 3.59. The number of nitrogens with zero attached hydrogens (tertiary/aromatic N) is 2. The van der Waals surface area contributed by atoms with Gasteiger partial charge in [-0.1, -0.05) is 30.7 Å². The van der Waals surface area contributed by atoms with E-state index in [9.17, 15) is 4.79 Å². The molecule has 0 fully saturated rings. The number of carbonyl (C=O) groups excluding carboxylic acids is 1. The second-order valence-corrected chi connectivity index (χ2v) is 5.32. The number of halogens is 1. The summed E-state index contributed by atoms with van der Waals surface area (Å²) in [6.45, 7) is 2.50. The van der Waals surface area contributed by atoms with Crippen LogP contribution in [0, 0.1) is 0 Å². The van der Waals surface area contributed by atoms with Gasteiger partial charge in [-0.2, -0.15) is 0 Å². The maximum absolute atomic E-state index is 12.0. The van der Waals surface area contributed by atoms with Crippen LogP contribution in [0.1, 0.15) is 31.0 Å². The van der Waals surface area contributed by atoms with Crippen molar-refractivity contribution in [1.29, 1.82) is 0 Å². The number of hydrogen-bond donors (Lipinski definition) is 0. The molecule has 1 aromatic carbocycles. The monoisotopic (exact) mass is 290 g/mol. The standard InChI is InChI=1S/C16H19ClN2O/c1-2-15-10-18-12-19(15)11-16(20)5-3-4-13-6-8-14(17)9-7-13/h6-10,12H,2-5,11H2,1H3. The molecule has 106 valence electrons. The van der Waals surface area contributed by atoms with Crippen LogP contribution < -0.4 is 0 Å². The first-order valence-electron chi connectivity index (χ1n) is 6.94. The lowest BCUT2D eigenvalue weighted by Gasteiger charge is -2.06. The summed E-state index contributed by atoms with van der Waals surface area (Å²) in [4.78, 5) is 16.0. The van der Waals surface area contributed by atoms with Crippen molar-refractivity contribution in [1.82, 2.24) is 9.55 Å². The molecule has 0 spiro atoms. The van der Waals surface area contributed by atoms with E-state index in [1.807, 2.05) is 35.0 Å². The van der Waals surface area contributed by atoms with Crippen molar-refractivity contribution < 1.29 is 4.79 Å². The molecule has 0 amide bonds. The van der Waals surface area contributed by atoms with Crippen LogP contribution in [0.15, 0.2) is 36.8 Å². The van der Waals surface area contributed by atoms with Crippen LogP contribution in [0.2, 0.25) is 5.02 Å². The summed E-state index contributed by atoms with van der Waals surface area (Å²) < 4.78 is 1.94. The minimum absolute atomic E-state index is 0.256. The Morgan fingerprint density at radius 2 is 2.05 bits per heavy atom. The molecule has 2 aromatic rings. The van der Waals surface area contributed by atoms with E-state index in [1.54, 1.807) is 6.33 Å². The van der Waals surface area contributed by atoms with Gasteiger partial charge < -0.3 is 4.57 Å². The highest BCUT2D eigenvalue weighted by Gasteiger charge is 2.06. The first-order valence-corrected chi connectivity index (χ1v) is 7.32. The molecule has 4 heteroatoms. The molecule has 2 rings (SSSR count). The number of hydrogen-bond acceptors (Lipinski definition) is 2. The molecule has 0 atom stereocenters. The highest BCUT2D eigenvalue weighted by atomic mass is 35.5. The van der Waals surface area contributed by atoms with E-state index in [1.165, 1.54) is 5.56 Å². The zero-order valence-corrected chi connectivity index (χ0v) is 12.4. The number of carbonyl (C=O) groups is 1. The Labute approximate surface area is 124 Å². The fraction of sp³-hybridized carbons (Fsp3) is 0.375. The van der Waals surface area contributed by atoms with Crippen molar-refractivity contribution in [3.8, 4) is 0 Å². The average molecular weight is 291 g/mol. The normalized spacial score (nSPS) is 10.7. The highest BCUT2D eigenvalue weighted by Crippen LogP contribution is 2.12. The van der Waals surface area contributed by atoms with Crippen LogP contribution in [0.5, 0.6) is 0 Å². The van der Waals surface area contributed by atoms with Crippen molar-refractivity contribution >= 4 is 17.4 Å². The molecule has 0 saturated heterocycles. The minimum Gasteiger partial charge on any atom is -0.327 e. The molecule has 1 heterocycles. The molecule has 0 bridgehead atoms. The van der Waals surface area contributed by atoms with Gasteiger partial charge in [0.05, 0.1) is 12.9 Å². The molecule has 0 aliphatic heterocycles. The van der Waals surface area contributed by atoms with Gasteiger partial charge in [-0.25, -0.2) is 4.98 Å². The Kier molecular flexibility index (Phi) is 5.36. The van der Waals surface area contributed by atoms with E-state index >= 15 is 0 Å². The van der Waals surface area contributed by atoms with Crippen LogP contribution in [-0.4, -0.2) is 15.3 Å². The van der Waals surface area contributed by atoms with Crippen LogP contribution in [-0.2, 0) is 24.2 Å². The quantitative estimate of drug-likeness (QED) is 0.779. The Bertz CT molecular complexity index is 560. The summed E-state index contributed by atoms with van der Waals surface area (Å²) in [5, 5.41) is 0.747. The highest BCUT2D eigenvalue weighted by molar-refractivity contribution is 6.30. The van der Waals surface area contributed by atoms with Gasteiger partial charge in [0.25, 0.3) is 0 Å². The van der Waals surface area contributed by atoms with Gasteiger partial charge in [0.2, 0.25) is 0 Å². The first-order chi connectivity index (χ1) is 9.69. The predicted molar refractivity (Wildman–Crippen MR) is 81.0 cm³/mol. The molecular formula is C16H19ClN2O. The fourth-order valence-corrected chi connectivity index (χ4v) is 2.32. The van der Waals surface area contributed by atoms with Gasteiger partial charge in [0.1, 0.15) is 0 Å². The summed E-state index contributed by atoms with van der Waals surface area (Å²) >= 11 is 5.84. The summed E-state index contributed by atoms with van der Waals surface area (Å²) in [5.41, 5.74) is 2.33. The van der Waals surface area contributed by atoms with E-state index in [4.69, 9.17) is 11.6 Å². The third-order valence-electron chi connectivity index (χ3n) is 3.34. The molecule has 0 N–H and O–H groups in total. The summed E-state index contributed by atoms with van der Waals surface area (Å²) in [5.74, 6) is 0.256. The van der Waals surface area contributed by atoms with Crippen molar-refractivity contribution in [2.24, 2.45) is 0 Å². The average Bonchev–Trinajstić information content (AvgIpc) is 2.88. The summed E-state index contributed by atoms with van der Waals surface area (Å²) in [6, 6.07) is 7.80. The predicted octanol–water partition coefficient (Wildman–Crippen LogP) is 3.69. The topological polar surface area (TPSA) is 34.9 Å². The lowest BCUT2D eigenvalue weighted by atomic mass is 10.1. The Morgan fingerprint density at radius 1 is 1.30 bits per heavy atom. The molecule has 20 heavy (non-hydrogen) atoms. The number of Topliss-reactive ketones (excluding diaryl/α,β-unsaturated/α-hetero) is 1. The summed E-state index contributed by atoms with van der Waals surface area (Å²) in [7, 11) is 0. The van der Waals surface area contributed by atoms with Crippen molar-refractivity contribution in [3.05, 3.63) is 53.1 Å². The molecule has 0 radical (unpaired) electrons.